The summed E-state index contributed by atoms with van der Waals surface area (Å²) in [4.78, 5) is 26.3. The number of ether oxygens (including phenoxy) is 5. The smallest absolute Gasteiger partial charge is 0.219 e. The lowest BCUT2D eigenvalue weighted by Gasteiger charge is -2.39. The fourth-order valence-electron chi connectivity index (χ4n) is 15.2. The van der Waals surface area contributed by atoms with E-state index in [1.807, 2.05) is 157 Å². The van der Waals surface area contributed by atoms with Crippen molar-refractivity contribution in [3.8, 4) is 28.7 Å². The number of amides is 1. The van der Waals surface area contributed by atoms with Crippen LogP contribution < -0.4 is 23.7 Å². The molecule has 0 bridgehead atoms. The van der Waals surface area contributed by atoms with E-state index in [9.17, 15) is 4.79 Å². The van der Waals surface area contributed by atoms with Gasteiger partial charge in [0.05, 0.1) is 33.0 Å². The molecule has 558 valence electrons. The van der Waals surface area contributed by atoms with Crippen LogP contribution in [0.5, 0.6) is 28.7 Å². The van der Waals surface area contributed by atoms with Crippen molar-refractivity contribution in [2.45, 2.75) is 209 Å². The largest absolute Gasteiger partial charge is 0.494 e. The average Bonchev–Trinajstić information content (AvgIpc) is 1.45. The van der Waals surface area contributed by atoms with Gasteiger partial charge in [-0.2, -0.15) is 0 Å². The first-order chi connectivity index (χ1) is 48.8. The van der Waals surface area contributed by atoms with Crippen molar-refractivity contribution in [3.05, 3.63) is 152 Å². The van der Waals surface area contributed by atoms with E-state index in [1.165, 1.54) is 175 Å². The van der Waals surface area contributed by atoms with Gasteiger partial charge < -0.3 is 43.3 Å². The minimum absolute atomic E-state index is 0.202. The molecule has 0 spiro atoms. The molecule has 5 aliphatic heterocycles. The van der Waals surface area contributed by atoms with Crippen molar-refractivity contribution < 1.29 is 28.5 Å². The van der Waals surface area contributed by atoms with E-state index >= 15 is 0 Å². The molecule has 0 N–H and O–H groups in total. The standard InChI is InChI=1S/3C18H29NO.C17H26N2O2.C17H27NO/c1-16-10-9-11-17(2)19(16)14-7-4-8-15-20-18-12-5-3-6-13-18;2*1-16-13-17(2)15-19(14-16)11-7-4-8-12-20-18-9-5-3-6-10-18;1-16(20)19-13-11-18(12-14-19)10-6-3-7-15-21-17-8-4-2-5-9-17;1-16-9-8-13-18(15-16)12-6-3-7-14-19-17-10-4-2-5-11-17/h3,5-6,12-13,16-17H,4,7-11,14-15H2,1-2H3;2*3,5-6,9-10,16-17H,4,7-8,11-15H2,1-2H3;2,4-5,8-9H,3,6-7,10-15H2,1H3;2,4-5,10-11,16H,3,6-9,12-15H2,1H3/t2*16-,17+;16-,17-;;/m..0../s1. The maximum absolute atomic E-state index is 11.2. The van der Waals surface area contributed by atoms with E-state index in [0.29, 0.717) is 0 Å². The number of hydrogen-bond donors (Lipinski definition) is 0. The van der Waals surface area contributed by atoms with E-state index in [4.69, 9.17) is 23.7 Å². The molecule has 0 saturated carbocycles. The van der Waals surface area contributed by atoms with Crippen molar-refractivity contribution in [3.63, 3.8) is 0 Å². The van der Waals surface area contributed by atoms with Gasteiger partial charge in [-0.1, -0.05) is 132 Å². The zero-order chi connectivity index (χ0) is 70.9. The van der Waals surface area contributed by atoms with Gasteiger partial charge in [0, 0.05) is 77.9 Å². The number of nitrogens with zero attached hydrogens (tertiary/aromatic N) is 6. The van der Waals surface area contributed by atoms with E-state index < -0.39 is 0 Å². The predicted molar refractivity (Wildman–Crippen MR) is 421 cm³/mol. The highest BCUT2D eigenvalue weighted by Gasteiger charge is 2.25. The van der Waals surface area contributed by atoms with Crippen LogP contribution in [0.1, 0.15) is 197 Å². The van der Waals surface area contributed by atoms with Crippen LogP contribution in [0, 0.1) is 29.6 Å². The zero-order valence-corrected chi connectivity index (χ0v) is 64.3. The molecule has 5 fully saturated rings. The van der Waals surface area contributed by atoms with Crippen LogP contribution >= 0.6 is 0 Å². The van der Waals surface area contributed by atoms with Crippen LogP contribution in [0.25, 0.3) is 0 Å². The Morgan fingerprint density at radius 2 is 0.600 bits per heavy atom. The molecule has 7 atom stereocenters. The summed E-state index contributed by atoms with van der Waals surface area (Å²) in [6.45, 7) is 40.3. The summed E-state index contributed by atoms with van der Waals surface area (Å²) < 4.78 is 28.5. The minimum Gasteiger partial charge on any atom is -0.494 e. The first-order valence-electron chi connectivity index (χ1n) is 40.1. The van der Waals surface area contributed by atoms with Gasteiger partial charge in [0.1, 0.15) is 28.7 Å². The van der Waals surface area contributed by atoms with Gasteiger partial charge >= 0.3 is 0 Å². The lowest BCUT2D eigenvalue weighted by atomic mass is 9.92. The first kappa shape index (κ1) is 83.3. The number of hydrogen-bond acceptors (Lipinski definition) is 11. The van der Waals surface area contributed by atoms with Gasteiger partial charge in [0.25, 0.3) is 0 Å². The maximum atomic E-state index is 11.2. The summed E-state index contributed by atoms with van der Waals surface area (Å²) >= 11 is 0. The molecule has 1 unspecified atom stereocenters. The molecule has 0 aromatic heterocycles. The van der Waals surface area contributed by atoms with Gasteiger partial charge in [0.2, 0.25) is 5.91 Å². The fraction of sp³-hybridized carbons (Fsp3) is 0.648. The number of likely N-dealkylation sites (tertiary alicyclic amines) is 4. The number of benzene rings is 5. The SMILES string of the molecule is CC(=O)N1CCN(CCCCCOc2ccccc2)CC1.CC1CCCN(CCCCCOc2ccccc2)C1.C[C@@H]1CCC[C@H](C)N1CCCCCOc1ccccc1.C[C@@H]1C[C@H](C)CN(CCCCCOc2ccccc2)C1.C[C@H]1C[C@H](C)CN(CCCCCOc2ccccc2)C1. The Morgan fingerprint density at radius 3 is 0.910 bits per heavy atom. The van der Waals surface area contributed by atoms with Crippen molar-refractivity contribution in [2.75, 3.05) is 131 Å². The Balaban J connectivity index is 0.000000197. The van der Waals surface area contributed by atoms with Crippen molar-refractivity contribution in [1.29, 1.82) is 0 Å². The van der Waals surface area contributed by atoms with E-state index in [2.05, 4.69) is 73.0 Å². The van der Waals surface area contributed by atoms with Crippen LogP contribution in [0.4, 0.5) is 0 Å². The first-order valence-corrected chi connectivity index (χ1v) is 40.1. The number of unbranched alkanes of at least 4 members (excludes halogenated alkanes) is 10. The van der Waals surface area contributed by atoms with Gasteiger partial charge in [-0.3, -0.25) is 14.6 Å². The summed E-state index contributed by atoms with van der Waals surface area (Å²) in [6.07, 6.45) is 28.2. The third-order valence-electron chi connectivity index (χ3n) is 20.4. The van der Waals surface area contributed by atoms with Crippen LogP contribution in [-0.2, 0) is 4.79 Å². The summed E-state index contributed by atoms with van der Waals surface area (Å²) in [6, 6.07) is 52.0. The van der Waals surface area contributed by atoms with Crippen LogP contribution in [0.15, 0.2) is 152 Å². The molecule has 5 heterocycles. The number of carbonyl (C=O) groups is 1. The Hall–Kier alpha value is -5.63. The quantitative estimate of drug-likeness (QED) is 0.0364. The van der Waals surface area contributed by atoms with Gasteiger partial charge in [0.15, 0.2) is 0 Å². The fourth-order valence-corrected chi connectivity index (χ4v) is 15.2. The monoisotopic (exact) mass is 1380 g/mol. The lowest BCUT2D eigenvalue weighted by molar-refractivity contribution is -0.130. The molecule has 5 aromatic carbocycles. The second-order valence-corrected chi connectivity index (χ2v) is 30.3. The average molecular weight is 1380 g/mol. The third-order valence-corrected chi connectivity index (χ3v) is 20.4. The van der Waals surface area contributed by atoms with Crippen LogP contribution in [0.3, 0.4) is 0 Å². The predicted octanol–water partition coefficient (Wildman–Crippen LogP) is 19.3. The number of rotatable bonds is 35. The van der Waals surface area contributed by atoms with E-state index in [-0.39, 0.29) is 5.91 Å². The van der Waals surface area contributed by atoms with Crippen molar-refractivity contribution in [1.82, 2.24) is 29.4 Å². The van der Waals surface area contributed by atoms with E-state index in [0.717, 1.165) is 168 Å². The molecule has 100 heavy (non-hydrogen) atoms. The second kappa shape index (κ2) is 52.3. The Bertz CT molecular complexity index is 2610. The second-order valence-electron chi connectivity index (χ2n) is 30.3. The highest BCUT2D eigenvalue weighted by Crippen LogP contribution is 2.26. The summed E-state index contributed by atoms with van der Waals surface area (Å²) in [7, 11) is 0. The molecular weight excluding hydrogens is 1240 g/mol. The molecule has 0 radical (unpaired) electrons. The number of carbonyl (C=O) groups excluding carboxylic acids is 1. The Kier molecular flexibility index (Phi) is 43.6. The third kappa shape index (κ3) is 38.6. The lowest BCUT2D eigenvalue weighted by Crippen LogP contribution is -2.48. The van der Waals surface area contributed by atoms with E-state index in [1.54, 1.807) is 6.92 Å². The van der Waals surface area contributed by atoms with Crippen LogP contribution in [-0.4, -0.2) is 179 Å². The van der Waals surface area contributed by atoms with Gasteiger partial charge in [-0.05, 0) is 278 Å². The molecule has 1 amide bonds. The summed E-state index contributed by atoms with van der Waals surface area (Å²) in [5, 5.41) is 0. The number of piperidine rings is 4. The minimum atomic E-state index is 0.202. The Morgan fingerprint density at radius 1 is 0.310 bits per heavy atom. The van der Waals surface area contributed by atoms with Gasteiger partial charge in [-0.15, -0.1) is 0 Å². The molecule has 12 heteroatoms. The molecule has 5 saturated heterocycles. The molecule has 5 aliphatic rings. The number of para-hydroxylation sites is 5. The zero-order valence-electron chi connectivity index (χ0n) is 64.3. The normalized spacial score (nSPS) is 21.4. The highest BCUT2D eigenvalue weighted by atomic mass is 16.5. The Labute approximate surface area is 610 Å². The molecule has 5 aromatic rings. The molecule has 10 rings (SSSR count). The maximum Gasteiger partial charge on any atom is 0.219 e. The molecule has 0 aliphatic carbocycles. The van der Waals surface area contributed by atoms with Crippen molar-refractivity contribution in [2.24, 2.45) is 29.6 Å². The highest BCUT2D eigenvalue weighted by molar-refractivity contribution is 5.73. The topological polar surface area (TPSA) is 82.7 Å². The molecule has 12 nitrogen and oxygen atoms in total. The van der Waals surface area contributed by atoms with Crippen LogP contribution in [0.2, 0.25) is 0 Å². The number of piperazine rings is 1. The van der Waals surface area contributed by atoms with Crippen molar-refractivity contribution >= 4 is 5.91 Å². The molecular formula is C88H140N6O6. The summed E-state index contributed by atoms with van der Waals surface area (Å²) in [5.74, 6) is 9.52. The summed E-state index contributed by atoms with van der Waals surface area (Å²) in [5.41, 5.74) is 0. The van der Waals surface area contributed by atoms with Gasteiger partial charge in [-0.25, -0.2) is 0 Å².